The van der Waals surface area contributed by atoms with E-state index in [0.717, 1.165) is 22.2 Å². The average Bonchev–Trinajstić information content (AvgIpc) is 2.37. The number of benzene rings is 1. The zero-order chi connectivity index (χ0) is 13.3. The fraction of sp³-hybridized carbons (Fsp3) is 0.286. The van der Waals surface area contributed by atoms with Crippen LogP contribution in [0.5, 0.6) is 11.5 Å². The zero-order valence-corrected chi connectivity index (χ0v) is 10.9. The molecule has 4 nitrogen and oxygen atoms in total. The summed E-state index contributed by atoms with van der Waals surface area (Å²) < 4.78 is 10.6. The van der Waals surface area contributed by atoms with E-state index in [4.69, 9.17) is 9.47 Å². The Bertz CT molecular complexity index is 657. The van der Waals surface area contributed by atoms with Gasteiger partial charge >= 0.3 is 0 Å². The Kier molecular flexibility index (Phi) is 3.07. The molecule has 1 aromatic heterocycles. The highest BCUT2D eigenvalue weighted by Crippen LogP contribution is 2.34. The van der Waals surface area contributed by atoms with Crippen molar-refractivity contribution in [3.8, 4) is 17.6 Å². The van der Waals surface area contributed by atoms with Crippen LogP contribution in [0.1, 0.15) is 17.0 Å². The predicted molar refractivity (Wildman–Crippen MR) is 67.8 cm³/mol. The summed E-state index contributed by atoms with van der Waals surface area (Å²) in [6, 6.07) is 5.96. The number of nitrogens with zero attached hydrogens (tertiary/aromatic N) is 1. The molecule has 2 rings (SSSR count). The number of methoxy groups -OCH3 is 2. The molecule has 0 saturated heterocycles. The van der Waals surface area contributed by atoms with Gasteiger partial charge in [0.1, 0.15) is 11.6 Å². The third kappa shape index (κ3) is 1.74. The Morgan fingerprint density at radius 3 is 2.06 bits per heavy atom. The summed E-state index contributed by atoms with van der Waals surface area (Å²) >= 11 is 0. The first kappa shape index (κ1) is 12.2. The van der Waals surface area contributed by atoms with Gasteiger partial charge in [0.25, 0.3) is 0 Å². The topological polar surface area (TPSA) is 56.4 Å². The SMILES string of the molecule is COc1cc2c(C)[nH+]c(C)c(C#N)c2cc1OC. The fourth-order valence-electron chi connectivity index (χ4n) is 2.15. The summed E-state index contributed by atoms with van der Waals surface area (Å²) in [6.07, 6.45) is 0. The van der Waals surface area contributed by atoms with Gasteiger partial charge in [-0.2, -0.15) is 5.26 Å². The Labute approximate surface area is 106 Å². The van der Waals surface area contributed by atoms with E-state index in [9.17, 15) is 5.26 Å². The summed E-state index contributed by atoms with van der Waals surface area (Å²) in [7, 11) is 3.19. The van der Waals surface area contributed by atoms with E-state index in [0.29, 0.717) is 17.1 Å². The average molecular weight is 243 g/mol. The molecule has 1 N–H and O–H groups in total. The number of aryl methyl sites for hydroxylation is 2. The molecule has 0 aliphatic heterocycles. The largest absolute Gasteiger partial charge is 0.493 e. The normalized spacial score (nSPS) is 10.2. The van der Waals surface area contributed by atoms with Crippen molar-refractivity contribution in [1.29, 1.82) is 5.26 Å². The third-order valence-corrected chi connectivity index (χ3v) is 3.06. The monoisotopic (exact) mass is 243 g/mol. The van der Waals surface area contributed by atoms with Crippen molar-refractivity contribution in [1.82, 2.24) is 0 Å². The van der Waals surface area contributed by atoms with Gasteiger partial charge in [-0.3, -0.25) is 0 Å². The minimum absolute atomic E-state index is 0.631. The lowest BCUT2D eigenvalue weighted by atomic mass is 10.0. The number of pyridine rings is 1. The molecule has 0 saturated carbocycles. The first-order chi connectivity index (χ1) is 8.62. The molecule has 0 aliphatic rings. The molecule has 1 aromatic carbocycles. The van der Waals surface area contributed by atoms with E-state index in [2.05, 4.69) is 11.1 Å². The molecule has 0 fully saturated rings. The van der Waals surface area contributed by atoms with Crippen LogP contribution >= 0.6 is 0 Å². The maximum absolute atomic E-state index is 9.26. The fourth-order valence-corrected chi connectivity index (χ4v) is 2.15. The van der Waals surface area contributed by atoms with Gasteiger partial charge < -0.3 is 9.47 Å². The highest BCUT2D eigenvalue weighted by molar-refractivity contribution is 5.91. The number of nitrogens with one attached hydrogen (secondary N) is 1. The molecule has 0 amide bonds. The van der Waals surface area contributed by atoms with Crippen LogP contribution in [0.15, 0.2) is 12.1 Å². The van der Waals surface area contributed by atoms with Crippen LogP contribution in [0, 0.1) is 25.2 Å². The molecule has 0 bridgehead atoms. The van der Waals surface area contributed by atoms with Crippen LogP contribution in [0.3, 0.4) is 0 Å². The number of rotatable bonds is 2. The van der Waals surface area contributed by atoms with Crippen molar-refractivity contribution in [3.05, 3.63) is 29.1 Å². The number of H-pyrrole nitrogens is 1. The van der Waals surface area contributed by atoms with Gasteiger partial charge in [-0.1, -0.05) is 0 Å². The van der Waals surface area contributed by atoms with Crippen molar-refractivity contribution >= 4 is 10.8 Å². The molecule has 0 unspecified atom stereocenters. The Morgan fingerprint density at radius 2 is 1.56 bits per heavy atom. The van der Waals surface area contributed by atoms with Gasteiger partial charge in [-0.25, -0.2) is 4.98 Å². The van der Waals surface area contributed by atoms with E-state index >= 15 is 0 Å². The molecular formula is C14H15N2O2+. The van der Waals surface area contributed by atoms with Crippen molar-refractivity contribution in [2.45, 2.75) is 13.8 Å². The van der Waals surface area contributed by atoms with Crippen LogP contribution in [-0.2, 0) is 0 Å². The summed E-state index contributed by atoms with van der Waals surface area (Å²) in [5.74, 6) is 1.29. The Morgan fingerprint density at radius 1 is 1.00 bits per heavy atom. The highest BCUT2D eigenvalue weighted by atomic mass is 16.5. The van der Waals surface area contributed by atoms with Crippen molar-refractivity contribution in [3.63, 3.8) is 0 Å². The van der Waals surface area contributed by atoms with Crippen molar-refractivity contribution in [2.24, 2.45) is 0 Å². The molecule has 0 aliphatic carbocycles. The van der Waals surface area contributed by atoms with E-state index in [-0.39, 0.29) is 0 Å². The van der Waals surface area contributed by atoms with Gasteiger partial charge in [0.05, 0.1) is 19.6 Å². The number of aromatic amines is 1. The minimum atomic E-state index is 0.631. The number of ether oxygens (including phenoxy) is 2. The number of hydrogen-bond acceptors (Lipinski definition) is 3. The Balaban J connectivity index is 2.92. The number of hydrogen-bond donors (Lipinski definition) is 0. The lowest BCUT2D eigenvalue weighted by Gasteiger charge is -2.10. The van der Waals surface area contributed by atoms with Crippen LogP contribution < -0.4 is 14.5 Å². The second-order valence-electron chi connectivity index (χ2n) is 4.11. The lowest BCUT2D eigenvalue weighted by molar-refractivity contribution is -0.394. The zero-order valence-electron chi connectivity index (χ0n) is 10.9. The van der Waals surface area contributed by atoms with Gasteiger partial charge in [-0.05, 0) is 12.1 Å². The van der Waals surface area contributed by atoms with Gasteiger partial charge in [-0.15, -0.1) is 0 Å². The highest BCUT2D eigenvalue weighted by Gasteiger charge is 2.17. The van der Waals surface area contributed by atoms with Crippen LogP contribution in [0.4, 0.5) is 0 Å². The van der Waals surface area contributed by atoms with Gasteiger partial charge in [0.15, 0.2) is 22.9 Å². The van der Waals surface area contributed by atoms with E-state index < -0.39 is 0 Å². The molecule has 18 heavy (non-hydrogen) atoms. The molecule has 2 aromatic rings. The van der Waals surface area contributed by atoms with Crippen molar-refractivity contribution in [2.75, 3.05) is 14.2 Å². The molecule has 0 atom stereocenters. The molecule has 92 valence electrons. The first-order valence-corrected chi connectivity index (χ1v) is 5.60. The van der Waals surface area contributed by atoms with Gasteiger partial charge in [0.2, 0.25) is 0 Å². The van der Waals surface area contributed by atoms with Gasteiger partial charge in [0, 0.05) is 19.2 Å². The molecule has 1 heterocycles. The van der Waals surface area contributed by atoms with Crippen LogP contribution in [-0.4, -0.2) is 14.2 Å². The van der Waals surface area contributed by atoms with Crippen LogP contribution in [0.2, 0.25) is 0 Å². The number of fused-ring (bicyclic) bond motifs is 1. The second-order valence-corrected chi connectivity index (χ2v) is 4.11. The minimum Gasteiger partial charge on any atom is -0.493 e. The molecule has 4 heteroatoms. The third-order valence-electron chi connectivity index (χ3n) is 3.06. The summed E-state index contributed by atoms with van der Waals surface area (Å²) in [6.45, 7) is 3.87. The standard InChI is InChI=1S/C14H14N2O2/c1-8-10-5-13(17-3)14(18-4)6-11(10)12(7-15)9(2)16-8/h5-6H,1-4H3/p+1. The maximum Gasteiger partial charge on any atom is 0.195 e. The summed E-state index contributed by atoms with van der Waals surface area (Å²) in [5.41, 5.74) is 2.49. The number of aromatic nitrogens is 1. The quantitative estimate of drug-likeness (QED) is 0.812. The van der Waals surface area contributed by atoms with E-state index in [1.165, 1.54) is 0 Å². The molecular weight excluding hydrogens is 228 g/mol. The second kappa shape index (κ2) is 4.53. The molecule has 0 spiro atoms. The predicted octanol–water partition coefficient (Wildman–Crippen LogP) is 2.16. The summed E-state index contributed by atoms with van der Waals surface area (Å²) in [5, 5.41) is 11.1. The maximum atomic E-state index is 9.26. The van der Waals surface area contributed by atoms with Crippen molar-refractivity contribution < 1.29 is 14.5 Å². The lowest BCUT2D eigenvalue weighted by Crippen LogP contribution is -2.14. The van der Waals surface area contributed by atoms with Crippen LogP contribution in [0.25, 0.3) is 10.8 Å². The van der Waals surface area contributed by atoms with E-state index in [1.54, 1.807) is 14.2 Å². The molecule has 0 radical (unpaired) electrons. The Hall–Kier alpha value is -2.28. The first-order valence-electron chi connectivity index (χ1n) is 5.60. The van der Waals surface area contributed by atoms with E-state index in [1.807, 2.05) is 26.0 Å². The summed E-state index contributed by atoms with van der Waals surface area (Å²) in [4.78, 5) is 3.20. The smallest absolute Gasteiger partial charge is 0.195 e. The number of nitriles is 1.